The maximum absolute atomic E-state index is 7.44. The number of hydrogen-bond donors (Lipinski definition) is 0. The molecule has 0 fully saturated rings. The van der Waals surface area contributed by atoms with E-state index in [4.69, 9.17) is 9.47 Å². The predicted molar refractivity (Wildman–Crippen MR) is 412 cm³/mol. The molecule has 0 saturated carbocycles. The fourth-order valence-corrected chi connectivity index (χ4v) is 21.7. The molecule has 4 nitrogen and oxygen atoms in total. The van der Waals surface area contributed by atoms with Gasteiger partial charge in [-0.1, -0.05) is 271 Å². The van der Waals surface area contributed by atoms with Crippen molar-refractivity contribution in [2.45, 2.75) is 30.4 Å². The Morgan fingerprint density at radius 2 is 0.550 bits per heavy atom. The smallest absolute Gasteiger partial charge is 0.249 e. The fourth-order valence-electron chi connectivity index (χ4n) is 19.2. The van der Waals surface area contributed by atoms with Crippen molar-refractivity contribution >= 4 is 104 Å². The van der Waals surface area contributed by atoms with E-state index in [0.29, 0.717) is 0 Å². The van der Waals surface area contributed by atoms with E-state index in [9.17, 15) is 0 Å². The van der Waals surface area contributed by atoms with Crippen molar-refractivity contribution in [2.75, 3.05) is 9.80 Å². The van der Waals surface area contributed by atoms with Crippen molar-refractivity contribution in [3.05, 3.63) is 372 Å². The van der Waals surface area contributed by atoms with Crippen LogP contribution in [-0.2, 0) is 10.8 Å². The average Bonchev–Trinajstić information content (AvgIpc) is 1.47. The molecule has 0 unspecified atom stereocenters. The van der Waals surface area contributed by atoms with E-state index in [2.05, 4.69) is 337 Å². The van der Waals surface area contributed by atoms with Crippen LogP contribution in [0.1, 0.15) is 44.5 Å². The molecule has 0 bridgehead atoms. The van der Waals surface area contributed by atoms with Crippen molar-refractivity contribution in [1.82, 2.24) is 0 Å². The molecule has 0 amide bonds. The van der Waals surface area contributed by atoms with Crippen molar-refractivity contribution in [3.8, 4) is 67.5 Å². The summed E-state index contributed by atoms with van der Waals surface area (Å²) in [5.74, 6) is 3.21. The first-order chi connectivity index (χ1) is 49.6. The van der Waals surface area contributed by atoms with Gasteiger partial charge in [0.2, 0.25) is 13.4 Å². The van der Waals surface area contributed by atoms with Gasteiger partial charge in [-0.25, -0.2) is 0 Å². The zero-order valence-electron chi connectivity index (χ0n) is 53.9. The Hall–Kier alpha value is -11.7. The molecule has 0 aromatic heterocycles. The summed E-state index contributed by atoms with van der Waals surface area (Å²) >= 11 is 3.76. The molecule has 462 valence electrons. The molecule has 8 heteroatoms. The lowest BCUT2D eigenvalue weighted by Gasteiger charge is -2.42. The van der Waals surface area contributed by atoms with Crippen LogP contribution in [0.25, 0.3) is 44.5 Å². The second-order valence-corrected chi connectivity index (χ2v) is 29.7. The Kier molecular flexibility index (Phi) is 11.3. The van der Waals surface area contributed by atoms with Crippen molar-refractivity contribution in [1.29, 1.82) is 0 Å². The third kappa shape index (κ3) is 7.26. The summed E-state index contributed by atoms with van der Waals surface area (Å²) in [4.78, 5) is 9.83. The molecule has 8 aliphatic rings. The molecule has 15 aromatic rings. The third-order valence-corrected chi connectivity index (χ3v) is 25.1. The lowest BCUT2D eigenvalue weighted by atomic mass is 9.32. The number of hydrogen-bond acceptors (Lipinski definition) is 6. The fraction of sp³-hybridized carbons (Fsp3) is 0.0217. The maximum Gasteiger partial charge on any atom is 0.249 e. The number of benzene rings is 15. The van der Waals surface area contributed by atoms with Crippen LogP contribution in [0, 0.1) is 0 Å². The highest BCUT2D eigenvalue weighted by atomic mass is 32.2. The quantitative estimate of drug-likeness (QED) is 0.154. The number of nitrogens with zero attached hydrogens (tertiary/aromatic N) is 2. The van der Waals surface area contributed by atoms with Crippen LogP contribution < -0.4 is 52.1 Å². The topological polar surface area (TPSA) is 24.9 Å². The maximum atomic E-state index is 7.44. The van der Waals surface area contributed by atoms with E-state index < -0.39 is 10.8 Å². The Labute approximate surface area is 589 Å². The molecule has 4 aliphatic carbocycles. The highest BCUT2D eigenvalue weighted by molar-refractivity contribution is 8.01. The predicted octanol–water partition coefficient (Wildman–Crippen LogP) is 19.5. The Morgan fingerprint density at radius 3 is 0.920 bits per heavy atom. The summed E-state index contributed by atoms with van der Waals surface area (Å²) in [7, 11) is 0. The minimum atomic E-state index is -0.494. The summed E-state index contributed by atoms with van der Waals surface area (Å²) in [6, 6.07) is 122. The Bertz CT molecular complexity index is 5630. The Balaban J connectivity index is 0.680. The van der Waals surface area contributed by atoms with Gasteiger partial charge in [-0.15, -0.1) is 0 Å². The van der Waals surface area contributed by atoms with Gasteiger partial charge in [0.15, 0.2) is 0 Å². The van der Waals surface area contributed by atoms with Crippen LogP contribution in [0.5, 0.6) is 23.0 Å². The van der Waals surface area contributed by atoms with E-state index in [1.54, 1.807) is 0 Å². The standard InChI is InChI=1S/C92H54B2N2O2S2/c1-3-23-55(24-4-1)95-81-41-21-19-39-77(81)93-79-53-80-86(54-85(79)99-87-51-59(49-83(95)89(87)93)97-57-43-45-67-65-31-11-17-37-73(65)91(75(67)47-57)69-33-13-7-27-61(69)62-28-8-14-34-70(62)91)100-88-52-60(50-84-90(88)94(80)78-40-20-22-42-82(78)96(84)56-25-5-2-6-26-56)98-58-44-46-68-66-32-12-18-38-74(66)92(76(68)48-58)71-35-15-9-29-63(71)64-30-10-16-36-72(64)92/h1-54H. The third-order valence-electron chi connectivity index (χ3n) is 22.9. The second kappa shape index (κ2) is 20.5. The monoisotopic (exact) mass is 1300 g/mol. The first-order valence-electron chi connectivity index (χ1n) is 34.6. The number of anilines is 6. The van der Waals surface area contributed by atoms with E-state index in [-0.39, 0.29) is 13.4 Å². The zero-order chi connectivity index (χ0) is 65.1. The van der Waals surface area contributed by atoms with Crippen molar-refractivity contribution in [2.24, 2.45) is 0 Å². The highest BCUT2D eigenvalue weighted by Gasteiger charge is 2.54. The van der Waals surface area contributed by atoms with Gasteiger partial charge >= 0.3 is 0 Å². The van der Waals surface area contributed by atoms with Gasteiger partial charge in [0, 0.05) is 65.8 Å². The van der Waals surface area contributed by atoms with E-state index in [0.717, 1.165) is 57.1 Å². The lowest BCUT2D eigenvalue weighted by Crippen LogP contribution is -2.63. The number of ether oxygens (including phenoxy) is 2. The number of para-hydroxylation sites is 4. The van der Waals surface area contributed by atoms with Gasteiger partial charge in [-0.3, -0.25) is 0 Å². The molecule has 100 heavy (non-hydrogen) atoms. The molecule has 0 N–H and O–H groups in total. The molecule has 15 aromatic carbocycles. The van der Waals surface area contributed by atoms with E-state index in [1.165, 1.54) is 141 Å². The Morgan fingerprint density at radius 1 is 0.230 bits per heavy atom. The molecule has 0 atom stereocenters. The first kappa shape index (κ1) is 55.3. The molecule has 4 heterocycles. The largest absolute Gasteiger partial charge is 0.457 e. The van der Waals surface area contributed by atoms with E-state index in [1.807, 2.05) is 23.5 Å². The summed E-state index contributed by atoms with van der Waals surface area (Å²) in [5, 5.41) is 0. The molecular formula is C92H54B2N2O2S2. The molecule has 0 saturated heterocycles. The first-order valence-corrected chi connectivity index (χ1v) is 36.2. The molecule has 0 radical (unpaired) electrons. The SMILES string of the molecule is c1ccc(N2c3ccccc3B3c4cc5c(cc4Sc4cc(Oc6ccc7c(c6)C6(c8ccccc8-c8ccccc86)c6ccccc6-7)cc2c43)Sc2cc(Oc3ccc4c(c3)C3(c6ccccc6-c6ccccc63)c3ccccc3-4)cc3c2B5c2ccccc2N3c2ccccc2)cc1. The molecule has 4 aliphatic heterocycles. The summed E-state index contributed by atoms with van der Waals surface area (Å²) < 4.78 is 14.9. The van der Waals surface area contributed by atoms with Gasteiger partial charge < -0.3 is 19.3 Å². The van der Waals surface area contributed by atoms with Gasteiger partial charge in [0.25, 0.3) is 0 Å². The van der Waals surface area contributed by atoms with Gasteiger partial charge in [0.05, 0.1) is 10.8 Å². The van der Waals surface area contributed by atoms with Crippen LogP contribution in [0.2, 0.25) is 0 Å². The molecule has 2 spiro atoms. The van der Waals surface area contributed by atoms with Crippen LogP contribution in [-0.4, -0.2) is 13.4 Å². The minimum absolute atomic E-state index is 0.0654. The molecular weight excluding hydrogens is 1250 g/mol. The number of rotatable bonds is 6. The summed E-state index contributed by atoms with van der Waals surface area (Å²) in [6.45, 7) is -0.131. The molecule has 23 rings (SSSR count). The van der Waals surface area contributed by atoms with Gasteiger partial charge in [0.1, 0.15) is 23.0 Å². The number of fused-ring (bicyclic) bond motifs is 28. The van der Waals surface area contributed by atoms with Crippen LogP contribution in [0.3, 0.4) is 0 Å². The normalized spacial score (nSPS) is 14.8. The summed E-state index contributed by atoms with van der Waals surface area (Å²) in [5.41, 5.74) is 34.1. The second-order valence-electron chi connectivity index (χ2n) is 27.6. The van der Waals surface area contributed by atoms with E-state index >= 15 is 0 Å². The zero-order valence-corrected chi connectivity index (χ0v) is 55.5. The average molecular weight is 1310 g/mol. The highest BCUT2D eigenvalue weighted by Crippen LogP contribution is 2.65. The van der Waals surface area contributed by atoms with Gasteiger partial charge in [-0.05, 0) is 190 Å². The van der Waals surface area contributed by atoms with Crippen molar-refractivity contribution < 1.29 is 9.47 Å². The van der Waals surface area contributed by atoms with Crippen LogP contribution in [0.15, 0.2) is 347 Å². The van der Waals surface area contributed by atoms with Crippen LogP contribution in [0.4, 0.5) is 34.1 Å². The lowest BCUT2D eigenvalue weighted by molar-refractivity contribution is 0.480. The minimum Gasteiger partial charge on any atom is -0.457 e. The van der Waals surface area contributed by atoms with Gasteiger partial charge in [-0.2, -0.15) is 0 Å². The van der Waals surface area contributed by atoms with Crippen molar-refractivity contribution in [3.63, 3.8) is 0 Å². The summed E-state index contributed by atoms with van der Waals surface area (Å²) in [6.07, 6.45) is 0. The van der Waals surface area contributed by atoms with Crippen LogP contribution >= 0.6 is 23.5 Å².